The number of nitrogens with one attached hydrogen (secondary N) is 1. The predicted molar refractivity (Wildman–Crippen MR) is 77.9 cm³/mol. The van der Waals surface area contributed by atoms with Crippen LogP contribution in [0, 0.1) is 21.4 Å². The van der Waals surface area contributed by atoms with Gasteiger partial charge in [-0.25, -0.2) is 0 Å². The molecule has 0 bridgehead atoms. The molecule has 2 aromatic rings. The molecular formula is C15H15N3O3. The summed E-state index contributed by atoms with van der Waals surface area (Å²) >= 11 is 0. The molecule has 0 radical (unpaired) electrons. The van der Waals surface area contributed by atoms with E-state index < -0.39 is 4.92 Å². The number of nitro groups is 1. The van der Waals surface area contributed by atoms with Gasteiger partial charge < -0.3 is 9.73 Å². The second-order valence-corrected chi connectivity index (χ2v) is 4.73. The van der Waals surface area contributed by atoms with Crippen LogP contribution in [0.3, 0.4) is 0 Å². The van der Waals surface area contributed by atoms with Gasteiger partial charge in [-0.05, 0) is 37.6 Å². The van der Waals surface area contributed by atoms with Gasteiger partial charge in [-0.1, -0.05) is 6.07 Å². The summed E-state index contributed by atoms with van der Waals surface area (Å²) in [6.45, 7) is 1.94. The normalized spacial score (nSPS) is 11.6. The van der Waals surface area contributed by atoms with Crippen molar-refractivity contribution in [1.29, 1.82) is 5.26 Å². The summed E-state index contributed by atoms with van der Waals surface area (Å²) in [5.41, 5.74) is 0.249. The minimum absolute atomic E-state index is 0.0164. The van der Waals surface area contributed by atoms with Crippen molar-refractivity contribution in [2.75, 3.05) is 5.32 Å². The third-order valence-corrected chi connectivity index (χ3v) is 3.14. The SMILES string of the molecule is CC(CCc1ccco1)Nc1cccc(C#N)c1[N+](=O)[O-]. The smallest absolute Gasteiger partial charge is 0.309 e. The molecule has 1 heterocycles. The van der Waals surface area contributed by atoms with Crippen molar-refractivity contribution in [2.24, 2.45) is 0 Å². The van der Waals surface area contributed by atoms with Gasteiger partial charge in [0.15, 0.2) is 0 Å². The van der Waals surface area contributed by atoms with Gasteiger partial charge >= 0.3 is 5.69 Å². The van der Waals surface area contributed by atoms with E-state index in [1.165, 1.54) is 6.07 Å². The maximum atomic E-state index is 11.1. The van der Waals surface area contributed by atoms with Crippen LogP contribution in [0.2, 0.25) is 0 Å². The molecule has 1 atom stereocenters. The number of para-hydroxylation sites is 1. The van der Waals surface area contributed by atoms with E-state index in [2.05, 4.69) is 5.32 Å². The van der Waals surface area contributed by atoms with Crippen LogP contribution in [-0.2, 0) is 6.42 Å². The van der Waals surface area contributed by atoms with Crippen molar-refractivity contribution < 1.29 is 9.34 Å². The van der Waals surface area contributed by atoms with Crippen LogP contribution in [0.4, 0.5) is 11.4 Å². The largest absolute Gasteiger partial charge is 0.469 e. The molecule has 0 spiro atoms. The number of hydrogen-bond acceptors (Lipinski definition) is 5. The average Bonchev–Trinajstić information content (AvgIpc) is 2.97. The van der Waals surface area contributed by atoms with E-state index in [0.717, 1.165) is 18.6 Å². The fourth-order valence-electron chi connectivity index (χ4n) is 2.10. The molecule has 0 saturated heterocycles. The molecule has 1 N–H and O–H groups in total. The van der Waals surface area contributed by atoms with E-state index in [9.17, 15) is 10.1 Å². The lowest BCUT2D eigenvalue weighted by Gasteiger charge is -2.15. The van der Waals surface area contributed by atoms with Crippen molar-refractivity contribution in [3.8, 4) is 6.07 Å². The standard InChI is InChI=1S/C15H15N3O3/c1-11(7-8-13-5-3-9-21-13)17-14-6-2-4-12(10-16)15(14)18(19)20/h2-6,9,11,17H,7-8H2,1H3. The van der Waals surface area contributed by atoms with E-state index in [0.29, 0.717) is 5.69 Å². The summed E-state index contributed by atoms with van der Waals surface area (Å²) in [5.74, 6) is 0.879. The Kier molecular flexibility index (Phi) is 4.57. The monoisotopic (exact) mass is 285 g/mol. The van der Waals surface area contributed by atoms with Crippen LogP contribution in [0.5, 0.6) is 0 Å². The zero-order valence-corrected chi connectivity index (χ0v) is 11.6. The molecule has 0 amide bonds. The molecule has 6 nitrogen and oxygen atoms in total. The second kappa shape index (κ2) is 6.57. The van der Waals surface area contributed by atoms with E-state index in [1.807, 2.05) is 25.1 Å². The van der Waals surface area contributed by atoms with Crippen LogP contribution < -0.4 is 5.32 Å². The topological polar surface area (TPSA) is 92.1 Å². The Morgan fingerprint density at radius 3 is 2.86 bits per heavy atom. The fraction of sp³-hybridized carbons (Fsp3) is 0.267. The molecule has 0 fully saturated rings. The fourth-order valence-corrected chi connectivity index (χ4v) is 2.10. The molecule has 1 aromatic carbocycles. The number of anilines is 1. The number of rotatable bonds is 6. The summed E-state index contributed by atoms with van der Waals surface area (Å²) < 4.78 is 5.25. The maximum absolute atomic E-state index is 11.1. The van der Waals surface area contributed by atoms with E-state index in [1.54, 1.807) is 18.4 Å². The van der Waals surface area contributed by atoms with Gasteiger partial charge in [0.05, 0.1) is 11.2 Å². The minimum Gasteiger partial charge on any atom is -0.469 e. The van der Waals surface area contributed by atoms with Crippen molar-refractivity contribution >= 4 is 11.4 Å². The third kappa shape index (κ3) is 3.60. The number of aryl methyl sites for hydroxylation is 1. The van der Waals surface area contributed by atoms with Crippen LogP contribution >= 0.6 is 0 Å². The van der Waals surface area contributed by atoms with Gasteiger partial charge in [-0.2, -0.15) is 5.26 Å². The number of furan rings is 1. The van der Waals surface area contributed by atoms with Gasteiger partial charge in [-0.3, -0.25) is 10.1 Å². The molecule has 21 heavy (non-hydrogen) atoms. The Morgan fingerprint density at radius 1 is 1.43 bits per heavy atom. The lowest BCUT2D eigenvalue weighted by atomic mass is 10.1. The number of benzene rings is 1. The highest BCUT2D eigenvalue weighted by Gasteiger charge is 2.20. The van der Waals surface area contributed by atoms with E-state index in [4.69, 9.17) is 9.68 Å². The first-order chi connectivity index (χ1) is 10.1. The van der Waals surface area contributed by atoms with Gasteiger partial charge in [0, 0.05) is 12.5 Å². The van der Waals surface area contributed by atoms with Crippen molar-refractivity contribution in [1.82, 2.24) is 0 Å². The first-order valence-electron chi connectivity index (χ1n) is 6.58. The maximum Gasteiger partial charge on any atom is 0.309 e. The second-order valence-electron chi connectivity index (χ2n) is 4.73. The molecule has 2 rings (SSSR count). The Hall–Kier alpha value is -2.81. The first-order valence-corrected chi connectivity index (χ1v) is 6.58. The van der Waals surface area contributed by atoms with Gasteiger partial charge in [0.2, 0.25) is 0 Å². The van der Waals surface area contributed by atoms with Crippen molar-refractivity contribution in [3.05, 3.63) is 58.0 Å². The first kappa shape index (κ1) is 14.6. The number of nitrogens with zero attached hydrogens (tertiary/aromatic N) is 2. The summed E-state index contributed by atoms with van der Waals surface area (Å²) in [6, 6.07) is 10.3. The summed E-state index contributed by atoms with van der Waals surface area (Å²) in [7, 11) is 0. The van der Waals surface area contributed by atoms with Gasteiger partial charge in [0.25, 0.3) is 0 Å². The van der Waals surface area contributed by atoms with Gasteiger partial charge in [-0.15, -0.1) is 0 Å². The highest BCUT2D eigenvalue weighted by Crippen LogP contribution is 2.29. The molecule has 6 heteroatoms. The quantitative estimate of drug-likeness (QED) is 0.647. The summed E-state index contributed by atoms with van der Waals surface area (Å²) in [5, 5.41) is 23.2. The molecule has 0 saturated carbocycles. The highest BCUT2D eigenvalue weighted by molar-refractivity contribution is 5.68. The molecule has 0 aliphatic carbocycles. The van der Waals surface area contributed by atoms with Crippen LogP contribution in [0.1, 0.15) is 24.7 Å². The number of hydrogen-bond donors (Lipinski definition) is 1. The predicted octanol–water partition coefficient (Wildman–Crippen LogP) is 3.49. The Balaban J connectivity index is 2.08. The minimum atomic E-state index is -0.528. The third-order valence-electron chi connectivity index (χ3n) is 3.14. The lowest BCUT2D eigenvalue weighted by molar-refractivity contribution is -0.384. The summed E-state index contributed by atoms with van der Waals surface area (Å²) in [4.78, 5) is 10.6. The molecule has 1 aromatic heterocycles. The molecule has 0 aliphatic rings. The summed E-state index contributed by atoms with van der Waals surface area (Å²) in [6.07, 6.45) is 3.13. The molecule has 0 aliphatic heterocycles. The Morgan fingerprint density at radius 2 is 2.24 bits per heavy atom. The number of nitriles is 1. The van der Waals surface area contributed by atoms with Crippen LogP contribution in [-0.4, -0.2) is 11.0 Å². The van der Waals surface area contributed by atoms with E-state index >= 15 is 0 Å². The average molecular weight is 285 g/mol. The van der Waals surface area contributed by atoms with Crippen LogP contribution in [0.25, 0.3) is 0 Å². The lowest BCUT2D eigenvalue weighted by Crippen LogP contribution is -2.17. The molecule has 108 valence electrons. The Labute approximate surface area is 122 Å². The van der Waals surface area contributed by atoms with Crippen LogP contribution in [0.15, 0.2) is 41.0 Å². The Bertz CT molecular complexity index is 659. The van der Waals surface area contributed by atoms with Gasteiger partial charge in [0.1, 0.15) is 23.1 Å². The highest BCUT2D eigenvalue weighted by atomic mass is 16.6. The zero-order valence-electron chi connectivity index (χ0n) is 11.6. The number of nitro benzene ring substituents is 1. The molecule has 1 unspecified atom stereocenters. The molecular weight excluding hydrogens is 270 g/mol. The van der Waals surface area contributed by atoms with E-state index in [-0.39, 0.29) is 17.3 Å². The van der Waals surface area contributed by atoms with Crippen molar-refractivity contribution in [3.63, 3.8) is 0 Å². The zero-order chi connectivity index (χ0) is 15.2. The van der Waals surface area contributed by atoms with Crippen molar-refractivity contribution in [2.45, 2.75) is 25.8 Å².